The normalized spacial score (nSPS) is 19.3. The number of nitro groups is 1. The Morgan fingerprint density at radius 3 is 2.64 bits per heavy atom. The molecule has 0 radical (unpaired) electrons. The summed E-state index contributed by atoms with van der Waals surface area (Å²) in [5.74, 6) is 0.0189. The Labute approximate surface area is 168 Å². The number of rotatable bonds is 4. The molecule has 1 fully saturated rings. The molecule has 28 heavy (non-hydrogen) atoms. The summed E-state index contributed by atoms with van der Waals surface area (Å²) in [6.07, 6.45) is 3.21. The van der Waals surface area contributed by atoms with Crippen LogP contribution in [0, 0.1) is 16.0 Å². The lowest BCUT2D eigenvalue weighted by Gasteiger charge is -2.33. The number of carbonyl (C=O) groups excluding carboxylic acids is 1. The maximum Gasteiger partial charge on any atom is 0.292 e. The summed E-state index contributed by atoms with van der Waals surface area (Å²) in [6.45, 7) is 1.28. The number of para-hydroxylation sites is 2. The first-order valence-corrected chi connectivity index (χ1v) is 9.98. The fraction of sp³-hybridized carbons (Fsp3) is 0.381. The van der Waals surface area contributed by atoms with Crippen molar-refractivity contribution < 1.29 is 9.72 Å². The summed E-state index contributed by atoms with van der Waals surface area (Å²) in [7, 11) is 0. The van der Waals surface area contributed by atoms with Gasteiger partial charge in [0.15, 0.2) is 0 Å². The summed E-state index contributed by atoms with van der Waals surface area (Å²) < 4.78 is 0. The molecular weight excluding hydrogens is 378 g/mol. The van der Waals surface area contributed by atoms with Gasteiger partial charge < -0.3 is 10.2 Å². The van der Waals surface area contributed by atoms with E-state index >= 15 is 0 Å². The molecule has 1 heterocycles. The van der Waals surface area contributed by atoms with Crippen molar-refractivity contribution in [3.63, 3.8) is 0 Å². The second-order valence-electron chi connectivity index (χ2n) is 7.45. The van der Waals surface area contributed by atoms with Crippen molar-refractivity contribution >= 4 is 28.9 Å². The Hall–Kier alpha value is -2.60. The van der Waals surface area contributed by atoms with Gasteiger partial charge in [-0.2, -0.15) is 0 Å². The van der Waals surface area contributed by atoms with E-state index in [2.05, 4.69) is 5.32 Å². The molecule has 1 unspecified atom stereocenters. The summed E-state index contributed by atoms with van der Waals surface area (Å²) in [5.41, 5.74) is 3.12. The van der Waals surface area contributed by atoms with E-state index in [0.717, 1.165) is 23.4 Å². The molecule has 1 aliphatic carbocycles. The van der Waals surface area contributed by atoms with Crippen LogP contribution in [0.4, 0.5) is 11.4 Å². The van der Waals surface area contributed by atoms with Gasteiger partial charge in [-0.3, -0.25) is 14.9 Å². The largest absolute Gasteiger partial charge is 0.366 e. The highest BCUT2D eigenvalue weighted by Crippen LogP contribution is 2.34. The zero-order valence-electron chi connectivity index (χ0n) is 15.4. The molecule has 1 aliphatic heterocycles. The minimum Gasteiger partial charge on any atom is -0.366 e. The molecule has 1 amide bonds. The molecule has 1 saturated heterocycles. The van der Waals surface area contributed by atoms with Gasteiger partial charge in [0.1, 0.15) is 5.69 Å². The minimum atomic E-state index is -0.349. The summed E-state index contributed by atoms with van der Waals surface area (Å²) in [4.78, 5) is 25.7. The maximum atomic E-state index is 12.8. The lowest BCUT2D eigenvalue weighted by molar-refractivity contribution is -0.384. The van der Waals surface area contributed by atoms with Crippen molar-refractivity contribution in [2.45, 2.75) is 31.7 Å². The van der Waals surface area contributed by atoms with Crippen LogP contribution in [0.2, 0.25) is 5.02 Å². The lowest BCUT2D eigenvalue weighted by Crippen LogP contribution is -2.41. The Balaban J connectivity index is 1.37. The Morgan fingerprint density at radius 2 is 1.89 bits per heavy atom. The second kappa shape index (κ2) is 7.80. The predicted molar refractivity (Wildman–Crippen MR) is 109 cm³/mol. The van der Waals surface area contributed by atoms with Gasteiger partial charge in [0.05, 0.1) is 11.0 Å². The molecule has 7 heteroatoms. The number of fused-ring (bicyclic) bond motifs is 1. The minimum absolute atomic E-state index is 0.0491. The number of halogens is 1. The van der Waals surface area contributed by atoms with Crippen molar-refractivity contribution in [1.29, 1.82) is 0 Å². The molecule has 0 spiro atoms. The van der Waals surface area contributed by atoms with Crippen molar-refractivity contribution in [3.05, 3.63) is 68.7 Å². The fourth-order valence-electron chi connectivity index (χ4n) is 4.29. The van der Waals surface area contributed by atoms with E-state index < -0.39 is 0 Å². The van der Waals surface area contributed by atoms with E-state index in [1.165, 1.54) is 11.6 Å². The first kappa shape index (κ1) is 18.7. The monoisotopic (exact) mass is 399 g/mol. The predicted octanol–water partition coefficient (Wildman–Crippen LogP) is 4.27. The summed E-state index contributed by atoms with van der Waals surface area (Å²) in [6, 6.07) is 12.7. The highest BCUT2D eigenvalue weighted by atomic mass is 35.5. The molecule has 0 aromatic heterocycles. The number of amides is 1. The van der Waals surface area contributed by atoms with Gasteiger partial charge in [0.25, 0.3) is 5.69 Å². The highest BCUT2D eigenvalue weighted by Gasteiger charge is 2.31. The van der Waals surface area contributed by atoms with Gasteiger partial charge in [-0.15, -0.1) is 0 Å². The number of hydrogen-bond acceptors (Lipinski definition) is 4. The summed E-state index contributed by atoms with van der Waals surface area (Å²) >= 11 is 6.06. The molecule has 2 aromatic carbocycles. The third kappa shape index (κ3) is 3.69. The van der Waals surface area contributed by atoms with Gasteiger partial charge in [-0.1, -0.05) is 29.8 Å². The van der Waals surface area contributed by atoms with E-state index in [9.17, 15) is 14.9 Å². The van der Waals surface area contributed by atoms with Crippen LogP contribution < -0.4 is 10.2 Å². The number of aryl methyl sites for hydroxylation is 1. The van der Waals surface area contributed by atoms with E-state index in [-0.39, 0.29) is 28.5 Å². The third-order valence-corrected chi connectivity index (χ3v) is 6.02. The zero-order chi connectivity index (χ0) is 19.7. The highest BCUT2D eigenvalue weighted by molar-refractivity contribution is 6.30. The Morgan fingerprint density at radius 1 is 1.14 bits per heavy atom. The lowest BCUT2D eigenvalue weighted by atomic mass is 9.94. The number of nitrogens with zero attached hydrogens (tertiary/aromatic N) is 2. The molecule has 2 aliphatic rings. The maximum absolute atomic E-state index is 12.8. The van der Waals surface area contributed by atoms with Crippen molar-refractivity contribution in [2.75, 3.05) is 18.0 Å². The standard InChI is InChI=1S/C21H22ClN3O3/c22-16-6-7-17-15(13-16)5-8-18(17)23-21(26)14-9-11-24(12-10-14)19-3-1-2-4-20(19)25(27)28/h1-4,6-7,13-14,18H,5,8-12H2,(H,23,26). The molecule has 1 atom stereocenters. The fourth-order valence-corrected chi connectivity index (χ4v) is 4.49. The Kier molecular flexibility index (Phi) is 5.22. The van der Waals surface area contributed by atoms with Gasteiger partial charge in [0, 0.05) is 30.1 Å². The first-order chi connectivity index (χ1) is 13.5. The number of anilines is 1. The third-order valence-electron chi connectivity index (χ3n) is 5.78. The molecule has 0 saturated carbocycles. The second-order valence-corrected chi connectivity index (χ2v) is 7.89. The van der Waals surface area contributed by atoms with E-state index in [0.29, 0.717) is 31.6 Å². The molecule has 0 bridgehead atoms. The quantitative estimate of drug-likeness (QED) is 0.615. The van der Waals surface area contributed by atoms with Gasteiger partial charge in [0.2, 0.25) is 5.91 Å². The SMILES string of the molecule is O=C(NC1CCc2cc(Cl)ccc21)C1CCN(c2ccccc2[N+](=O)[O-])CC1. The van der Waals surface area contributed by atoms with Crippen LogP contribution in [0.15, 0.2) is 42.5 Å². The average molecular weight is 400 g/mol. The molecule has 1 N–H and O–H groups in total. The number of hydrogen-bond donors (Lipinski definition) is 1. The number of carbonyl (C=O) groups is 1. The van der Waals surface area contributed by atoms with E-state index in [1.807, 2.05) is 29.2 Å². The van der Waals surface area contributed by atoms with Crippen molar-refractivity contribution in [1.82, 2.24) is 5.32 Å². The van der Waals surface area contributed by atoms with E-state index in [4.69, 9.17) is 11.6 Å². The van der Waals surface area contributed by atoms with Gasteiger partial charge in [-0.25, -0.2) is 0 Å². The van der Waals surface area contributed by atoms with Crippen LogP contribution in [0.3, 0.4) is 0 Å². The number of benzene rings is 2. The van der Waals surface area contributed by atoms with Gasteiger partial charge in [-0.05, 0) is 55.0 Å². The van der Waals surface area contributed by atoms with Crippen molar-refractivity contribution in [3.8, 4) is 0 Å². The summed E-state index contributed by atoms with van der Waals surface area (Å²) in [5, 5.41) is 15.2. The van der Waals surface area contributed by atoms with Crippen LogP contribution in [-0.4, -0.2) is 23.9 Å². The van der Waals surface area contributed by atoms with E-state index in [1.54, 1.807) is 12.1 Å². The number of nitro benzene ring substituents is 1. The van der Waals surface area contributed by atoms with Crippen molar-refractivity contribution in [2.24, 2.45) is 5.92 Å². The van der Waals surface area contributed by atoms with Crippen LogP contribution in [0.5, 0.6) is 0 Å². The topological polar surface area (TPSA) is 75.5 Å². The van der Waals surface area contributed by atoms with Gasteiger partial charge >= 0.3 is 0 Å². The van der Waals surface area contributed by atoms with Crippen LogP contribution in [-0.2, 0) is 11.2 Å². The Bertz CT molecular complexity index is 910. The smallest absolute Gasteiger partial charge is 0.292 e. The first-order valence-electron chi connectivity index (χ1n) is 9.60. The average Bonchev–Trinajstić information content (AvgIpc) is 3.09. The number of piperidine rings is 1. The molecule has 6 nitrogen and oxygen atoms in total. The van der Waals surface area contributed by atoms with Crippen LogP contribution in [0.25, 0.3) is 0 Å². The zero-order valence-corrected chi connectivity index (χ0v) is 16.2. The van der Waals surface area contributed by atoms with Crippen LogP contribution >= 0.6 is 11.6 Å². The number of nitrogens with one attached hydrogen (secondary N) is 1. The molecule has 2 aromatic rings. The molecular formula is C21H22ClN3O3. The molecule has 146 valence electrons. The van der Waals surface area contributed by atoms with Crippen LogP contribution in [0.1, 0.15) is 36.4 Å². The molecule has 4 rings (SSSR count).